The Bertz CT molecular complexity index is 1030. The van der Waals surface area contributed by atoms with Gasteiger partial charge in [-0.15, -0.1) is 0 Å². The molecule has 3 heteroatoms. The summed E-state index contributed by atoms with van der Waals surface area (Å²) >= 11 is 0. The van der Waals surface area contributed by atoms with Gasteiger partial charge in [-0.1, -0.05) is 84.9 Å². The molecule has 1 aliphatic heterocycles. The van der Waals surface area contributed by atoms with E-state index in [0.717, 1.165) is 22.3 Å². The van der Waals surface area contributed by atoms with Crippen molar-refractivity contribution < 1.29 is 9.53 Å². The number of allylic oxidation sites excluding steroid dienone is 2. The molecule has 0 atom stereocenters. The van der Waals surface area contributed by atoms with E-state index in [1.54, 1.807) is 12.2 Å². The van der Waals surface area contributed by atoms with Gasteiger partial charge in [0, 0.05) is 5.56 Å². The maximum Gasteiger partial charge on any atom is 0.363 e. The number of benzene rings is 3. The molecular weight excluding hydrogens is 334 g/mol. The number of aliphatic imine (C=N–C) groups is 1. The Balaban J connectivity index is 1.52. The minimum Gasteiger partial charge on any atom is -0.402 e. The number of nitrogens with zero attached hydrogens (tertiary/aromatic N) is 1. The van der Waals surface area contributed by atoms with E-state index in [9.17, 15) is 4.79 Å². The van der Waals surface area contributed by atoms with Crippen LogP contribution in [-0.4, -0.2) is 11.9 Å². The zero-order chi connectivity index (χ0) is 18.5. The number of esters is 1. The molecule has 0 saturated carbocycles. The van der Waals surface area contributed by atoms with E-state index in [1.807, 2.05) is 78.9 Å². The predicted molar refractivity (Wildman–Crippen MR) is 108 cm³/mol. The van der Waals surface area contributed by atoms with Crippen LogP contribution in [0.5, 0.6) is 0 Å². The van der Waals surface area contributed by atoms with E-state index >= 15 is 0 Å². The molecule has 3 nitrogen and oxygen atoms in total. The molecule has 1 aliphatic rings. The number of carbonyl (C=O) groups is 1. The lowest BCUT2D eigenvalue weighted by molar-refractivity contribution is -0.130. The predicted octanol–water partition coefficient (Wildman–Crippen LogP) is 5.25. The third-order valence-electron chi connectivity index (χ3n) is 4.20. The van der Waals surface area contributed by atoms with Gasteiger partial charge in [0.25, 0.3) is 0 Å². The molecule has 27 heavy (non-hydrogen) atoms. The molecule has 130 valence electrons. The monoisotopic (exact) mass is 351 g/mol. The molecule has 0 saturated heterocycles. The average Bonchev–Trinajstić information content (AvgIpc) is 3.10. The van der Waals surface area contributed by atoms with Crippen molar-refractivity contribution in [2.75, 3.05) is 0 Å². The van der Waals surface area contributed by atoms with Crippen LogP contribution in [0.4, 0.5) is 0 Å². The highest BCUT2D eigenvalue weighted by Crippen LogP contribution is 2.22. The Morgan fingerprint density at radius 1 is 0.704 bits per heavy atom. The lowest BCUT2D eigenvalue weighted by Crippen LogP contribution is -2.05. The van der Waals surface area contributed by atoms with Gasteiger partial charge in [0.15, 0.2) is 5.70 Å². The fraction of sp³-hybridized carbons (Fsp3) is 0. The number of hydrogen-bond acceptors (Lipinski definition) is 3. The van der Waals surface area contributed by atoms with E-state index in [2.05, 4.69) is 17.1 Å². The lowest BCUT2D eigenvalue weighted by Gasteiger charge is -2.03. The molecular formula is C24H17NO2. The first-order chi connectivity index (χ1) is 13.3. The largest absolute Gasteiger partial charge is 0.402 e. The average molecular weight is 351 g/mol. The minimum atomic E-state index is -0.435. The number of cyclic esters (lactones) is 1. The number of carbonyl (C=O) groups excluding carboxylic acids is 1. The zero-order valence-electron chi connectivity index (χ0n) is 14.6. The van der Waals surface area contributed by atoms with Crippen molar-refractivity contribution in [2.24, 2.45) is 4.99 Å². The summed E-state index contributed by atoms with van der Waals surface area (Å²) in [5.74, 6) is -0.103. The Morgan fingerprint density at radius 3 is 2.00 bits per heavy atom. The zero-order valence-corrected chi connectivity index (χ0v) is 14.6. The summed E-state index contributed by atoms with van der Waals surface area (Å²) in [5.41, 5.74) is 4.37. The highest BCUT2D eigenvalue weighted by Gasteiger charge is 2.23. The Labute approximate surface area is 158 Å². The van der Waals surface area contributed by atoms with E-state index in [0.29, 0.717) is 11.6 Å². The topological polar surface area (TPSA) is 38.7 Å². The molecule has 1 heterocycles. The number of rotatable bonds is 4. The van der Waals surface area contributed by atoms with E-state index < -0.39 is 5.97 Å². The molecule has 4 rings (SSSR count). The molecule has 0 bridgehead atoms. The number of hydrogen-bond donors (Lipinski definition) is 0. The van der Waals surface area contributed by atoms with E-state index in [4.69, 9.17) is 4.74 Å². The van der Waals surface area contributed by atoms with Crippen molar-refractivity contribution in [3.63, 3.8) is 0 Å². The standard InChI is InChI=1S/C24H17NO2/c26-24-22(13-7-10-18-8-3-1-4-9-18)25-23(27-24)21-16-14-20(15-17-21)19-11-5-2-6-12-19/h1-17H/b10-7+,22-13+. The van der Waals surface area contributed by atoms with Crippen LogP contribution >= 0.6 is 0 Å². The molecule has 0 radical (unpaired) electrons. The smallest absolute Gasteiger partial charge is 0.363 e. The van der Waals surface area contributed by atoms with Gasteiger partial charge in [0.1, 0.15) is 0 Å². The second-order valence-corrected chi connectivity index (χ2v) is 6.07. The Kier molecular flexibility index (Phi) is 4.75. The quantitative estimate of drug-likeness (QED) is 0.475. The fourth-order valence-electron chi connectivity index (χ4n) is 2.80. The molecule has 0 aromatic heterocycles. The fourth-order valence-corrected chi connectivity index (χ4v) is 2.80. The molecule has 0 fully saturated rings. The first-order valence-electron chi connectivity index (χ1n) is 8.70. The van der Waals surface area contributed by atoms with Gasteiger partial charge in [0.2, 0.25) is 5.90 Å². The molecule has 3 aromatic carbocycles. The van der Waals surface area contributed by atoms with E-state index in [1.165, 1.54) is 0 Å². The van der Waals surface area contributed by atoms with Crippen LogP contribution < -0.4 is 0 Å². The summed E-state index contributed by atoms with van der Waals surface area (Å²) in [6.45, 7) is 0. The van der Waals surface area contributed by atoms with Gasteiger partial charge in [-0.05, 0) is 34.9 Å². The van der Waals surface area contributed by atoms with Crippen molar-refractivity contribution >= 4 is 17.9 Å². The lowest BCUT2D eigenvalue weighted by atomic mass is 10.0. The van der Waals surface area contributed by atoms with Gasteiger partial charge in [-0.3, -0.25) is 0 Å². The van der Waals surface area contributed by atoms with Crippen molar-refractivity contribution in [2.45, 2.75) is 0 Å². The van der Waals surface area contributed by atoms with Gasteiger partial charge in [-0.2, -0.15) is 0 Å². The maximum atomic E-state index is 12.0. The van der Waals surface area contributed by atoms with Crippen LogP contribution in [0.25, 0.3) is 17.2 Å². The Morgan fingerprint density at radius 2 is 1.30 bits per heavy atom. The first kappa shape index (κ1) is 16.7. The van der Waals surface area contributed by atoms with Crippen molar-refractivity contribution in [3.05, 3.63) is 114 Å². The molecule has 0 unspecified atom stereocenters. The van der Waals surface area contributed by atoms with Crippen LogP contribution in [0.1, 0.15) is 11.1 Å². The third-order valence-corrected chi connectivity index (χ3v) is 4.20. The van der Waals surface area contributed by atoms with Crippen LogP contribution in [0.15, 0.2) is 108 Å². The first-order valence-corrected chi connectivity index (χ1v) is 8.70. The van der Waals surface area contributed by atoms with Crippen molar-refractivity contribution in [1.82, 2.24) is 0 Å². The van der Waals surface area contributed by atoms with Gasteiger partial charge < -0.3 is 4.74 Å². The molecule has 3 aromatic rings. The van der Waals surface area contributed by atoms with Crippen LogP contribution in [0.2, 0.25) is 0 Å². The minimum absolute atomic E-state index is 0.296. The summed E-state index contributed by atoms with van der Waals surface area (Å²) in [7, 11) is 0. The highest BCUT2D eigenvalue weighted by molar-refractivity contribution is 6.11. The SMILES string of the molecule is O=C1OC(c2ccc(-c3ccccc3)cc2)=N/C1=C/C=C/c1ccccc1. The van der Waals surface area contributed by atoms with Gasteiger partial charge in [0.05, 0.1) is 0 Å². The summed E-state index contributed by atoms with van der Waals surface area (Å²) in [4.78, 5) is 16.4. The second-order valence-electron chi connectivity index (χ2n) is 6.07. The van der Waals surface area contributed by atoms with Gasteiger partial charge in [-0.25, -0.2) is 9.79 Å². The molecule has 0 aliphatic carbocycles. The summed E-state index contributed by atoms with van der Waals surface area (Å²) in [6.07, 6.45) is 5.39. The van der Waals surface area contributed by atoms with Crippen molar-refractivity contribution in [1.29, 1.82) is 0 Å². The van der Waals surface area contributed by atoms with Crippen LogP contribution in [0, 0.1) is 0 Å². The second kappa shape index (κ2) is 7.67. The molecule has 0 spiro atoms. The summed E-state index contributed by atoms with van der Waals surface area (Å²) in [5, 5.41) is 0. The summed E-state index contributed by atoms with van der Waals surface area (Å²) in [6, 6.07) is 27.8. The maximum absolute atomic E-state index is 12.0. The highest BCUT2D eigenvalue weighted by atomic mass is 16.6. The third kappa shape index (κ3) is 3.93. The molecule has 0 amide bonds. The van der Waals surface area contributed by atoms with Crippen molar-refractivity contribution in [3.8, 4) is 11.1 Å². The normalized spacial score (nSPS) is 15.2. The summed E-state index contributed by atoms with van der Waals surface area (Å²) < 4.78 is 5.32. The molecule has 0 N–H and O–H groups in total. The van der Waals surface area contributed by atoms with Crippen LogP contribution in [0.3, 0.4) is 0 Å². The van der Waals surface area contributed by atoms with Crippen LogP contribution in [-0.2, 0) is 9.53 Å². The number of ether oxygens (including phenoxy) is 1. The Hall–Kier alpha value is -3.72. The van der Waals surface area contributed by atoms with Gasteiger partial charge >= 0.3 is 5.97 Å². The van der Waals surface area contributed by atoms with E-state index in [-0.39, 0.29) is 0 Å².